The van der Waals surface area contributed by atoms with Gasteiger partial charge < -0.3 is 25.2 Å². The minimum absolute atomic E-state index is 0.0104. The maximum absolute atomic E-state index is 12.0. The summed E-state index contributed by atoms with van der Waals surface area (Å²) in [5, 5.41) is 5.76. The Morgan fingerprint density at radius 3 is 2.62 bits per heavy atom. The van der Waals surface area contributed by atoms with E-state index in [9.17, 15) is 9.59 Å². The molecule has 3 heterocycles. The van der Waals surface area contributed by atoms with Crippen LogP contribution in [0.2, 0.25) is 0 Å². The molecule has 166 valence electrons. The predicted molar refractivity (Wildman–Crippen MR) is 120 cm³/mol. The van der Waals surface area contributed by atoms with Crippen LogP contribution in [0, 0.1) is 0 Å². The summed E-state index contributed by atoms with van der Waals surface area (Å²) in [6.07, 6.45) is 2.09. The van der Waals surface area contributed by atoms with E-state index >= 15 is 0 Å². The van der Waals surface area contributed by atoms with Crippen LogP contribution in [0.15, 0.2) is 36.5 Å². The number of aromatic nitrogens is 2. The molecule has 1 aliphatic carbocycles. The number of carbonyl (C=O) groups is 2. The molecular weight excluding hydrogens is 408 g/mol. The zero-order chi connectivity index (χ0) is 22.2. The molecule has 9 heteroatoms. The monoisotopic (exact) mass is 434 g/mol. The van der Waals surface area contributed by atoms with Crippen molar-refractivity contribution in [3.05, 3.63) is 47.8 Å². The summed E-state index contributed by atoms with van der Waals surface area (Å²) >= 11 is 0. The largest absolute Gasteiger partial charge is 0.373 e. The van der Waals surface area contributed by atoms with Crippen molar-refractivity contribution >= 4 is 23.4 Å². The first-order valence-electron chi connectivity index (χ1n) is 10.8. The smallest absolute Gasteiger partial charge is 0.319 e. The van der Waals surface area contributed by atoms with Gasteiger partial charge in [0.2, 0.25) is 5.91 Å². The Balaban J connectivity index is 1.44. The molecule has 32 heavy (non-hydrogen) atoms. The average Bonchev–Trinajstić information content (AvgIpc) is 3.47. The number of fused-ring (bicyclic) bond motifs is 1. The van der Waals surface area contributed by atoms with Gasteiger partial charge in [0.1, 0.15) is 5.82 Å². The number of morpholine rings is 1. The number of carbonyl (C=O) groups excluding carboxylic acids is 2. The van der Waals surface area contributed by atoms with Crippen LogP contribution in [0.25, 0.3) is 11.4 Å². The molecule has 2 aliphatic heterocycles. The van der Waals surface area contributed by atoms with E-state index in [0.717, 1.165) is 41.2 Å². The predicted octanol–water partition coefficient (Wildman–Crippen LogP) is 2.64. The van der Waals surface area contributed by atoms with E-state index in [-0.39, 0.29) is 11.9 Å². The summed E-state index contributed by atoms with van der Waals surface area (Å²) < 4.78 is 5.51. The van der Waals surface area contributed by atoms with E-state index in [1.165, 1.54) is 0 Å². The lowest BCUT2D eigenvalue weighted by atomic mass is 10.1. The summed E-state index contributed by atoms with van der Waals surface area (Å²) in [5.41, 5.74) is 4.19. The number of hydrogen-bond donors (Lipinski definition) is 2. The molecule has 0 unspecified atom stereocenters. The Labute approximate surface area is 186 Å². The van der Waals surface area contributed by atoms with Gasteiger partial charge in [0, 0.05) is 42.0 Å². The molecule has 2 N–H and O–H groups in total. The van der Waals surface area contributed by atoms with Crippen molar-refractivity contribution in [3.63, 3.8) is 0 Å². The van der Waals surface area contributed by atoms with Gasteiger partial charge in [-0.3, -0.25) is 4.79 Å². The van der Waals surface area contributed by atoms with Crippen molar-refractivity contribution in [2.75, 3.05) is 30.0 Å². The van der Waals surface area contributed by atoms with Gasteiger partial charge in [-0.05, 0) is 37.1 Å². The second kappa shape index (κ2) is 8.23. The number of ether oxygens (including phenoxy) is 1. The Bertz CT molecular complexity index is 1080. The van der Waals surface area contributed by atoms with Crippen LogP contribution >= 0.6 is 0 Å². The highest BCUT2D eigenvalue weighted by atomic mass is 16.5. The quantitative estimate of drug-likeness (QED) is 0.768. The highest BCUT2D eigenvalue weighted by molar-refractivity contribution is 5.89. The van der Waals surface area contributed by atoms with Crippen LogP contribution in [0.5, 0.6) is 0 Å². The lowest BCUT2D eigenvalue weighted by Crippen LogP contribution is -2.35. The second-order valence-electron chi connectivity index (χ2n) is 8.39. The Hall–Kier alpha value is -3.46. The summed E-state index contributed by atoms with van der Waals surface area (Å²) in [5.74, 6) is 1.38. The summed E-state index contributed by atoms with van der Waals surface area (Å²) in [7, 11) is 0. The van der Waals surface area contributed by atoms with Gasteiger partial charge in [0.05, 0.1) is 32.0 Å². The number of rotatable bonds is 4. The molecule has 0 bridgehead atoms. The maximum atomic E-state index is 12.0. The molecular formula is C23H26N6O3. The van der Waals surface area contributed by atoms with Crippen molar-refractivity contribution in [2.45, 2.75) is 38.9 Å². The lowest BCUT2D eigenvalue weighted by Gasteiger charge is -2.31. The van der Waals surface area contributed by atoms with Gasteiger partial charge in [0.25, 0.3) is 0 Å². The minimum Gasteiger partial charge on any atom is -0.373 e. The molecule has 5 rings (SSSR count). The third kappa shape index (κ3) is 4.16. The standard InChI is InChI=1S/C23H26N6O3/c1-14-13-32-10-9-29(14)22-19-11-28(15(2)30)12-20(19)26-21(27-22)16-3-5-17(6-4-16)24-23(31)25-18-7-8-18/h3-6,18H,1,7-13H2,2H3,(H2,24,25,31). The molecule has 0 atom stereocenters. The summed E-state index contributed by atoms with van der Waals surface area (Å²) in [6.45, 7) is 8.35. The molecule has 1 saturated carbocycles. The first-order chi connectivity index (χ1) is 15.5. The van der Waals surface area contributed by atoms with Crippen molar-refractivity contribution in [1.29, 1.82) is 0 Å². The number of amides is 3. The van der Waals surface area contributed by atoms with E-state index in [4.69, 9.17) is 14.7 Å². The molecule has 3 aliphatic rings. The Morgan fingerprint density at radius 2 is 1.94 bits per heavy atom. The van der Waals surface area contributed by atoms with E-state index in [1.54, 1.807) is 11.8 Å². The van der Waals surface area contributed by atoms with Crippen LogP contribution in [0.3, 0.4) is 0 Å². The van der Waals surface area contributed by atoms with Crippen LogP contribution in [0.1, 0.15) is 31.0 Å². The van der Waals surface area contributed by atoms with E-state index in [1.807, 2.05) is 24.3 Å². The fourth-order valence-corrected chi connectivity index (χ4v) is 3.93. The summed E-state index contributed by atoms with van der Waals surface area (Å²) in [6, 6.07) is 7.58. The van der Waals surface area contributed by atoms with Crippen LogP contribution in [-0.2, 0) is 22.6 Å². The van der Waals surface area contributed by atoms with Gasteiger partial charge in [0.15, 0.2) is 5.82 Å². The minimum atomic E-state index is -0.188. The first-order valence-corrected chi connectivity index (χ1v) is 10.8. The van der Waals surface area contributed by atoms with Crippen LogP contribution in [-0.4, -0.2) is 52.6 Å². The fraction of sp³-hybridized carbons (Fsp3) is 0.391. The number of benzene rings is 1. The molecule has 1 aromatic carbocycles. The van der Waals surface area contributed by atoms with E-state index < -0.39 is 0 Å². The van der Waals surface area contributed by atoms with Gasteiger partial charge in [-0.15, -0.1) is 0 Å². The Kier molecular flexibility index (Phi) is 5.26. The number of nitrogens with zero attached hydrogens (tertiary/aromatic N) is 4. The summed E-state index contributed by atoms with van der Waals surface area (Å²) in [4.78, 5) is 37.5. The molecule has 1 aromatic heterocycles. The molecule has 0 spiro atoms. The normalized spacial score (nSPS) is 17.8. The number of nitrogens with one attached hydrogen (secondary N) is 2. The van der Waals surface area contributed by atoms with Gasteiger partial charge in [-0.2, -0.15) is 0 Å². The molecule has 0 radical (unpaired) electrons. The third-order valence-corrected chi connectivity index (χ3v) is 5.88. The lowest BCUT2D eigenvalue weighted by molar-refractivity contribution is -0.129. The van der Waals surface area contributed by atoms with Gasteiger partial charge in [-0.1, -0.05) is 6.58 Å². The number of anilines is 2. The van der Waals surface area contributed by atoms with Gasteiger partial charge >= 0.3 is 6.03 Å². The molecule has 2 aromatic rings. The highest BCUT2D eigenvalue weighted by Crippen LogP contribution is 2.34. The zero-order valence-corrected chi connectivity index (χ0v) is 18.1. The van der Waals surface area contributed by atoms with E-state index in [0.29, 0.717) is 50.4 Å². The highest BCUT2D eigenvalue weighted by Gasteiger charge is 2.30. The maximum Gasteiger partial charge on any atom is 0.319 e. The average molecular weight is 435 g/mol. The Morgan fingerprint density at radius 1 is 1.16 bits per heavy atom. The van der Waals surface area contributed by atoms with E-state index in [2.05, 4.69) is 22.1 Å². The van der Waals surface area contributed by atoms with Crippen LogP contribution in [0.4, 0.5) is 16.3 Å². The first kappa shape index (κ1) is 20.4. The third-order valence-electron chi connectivity index (χ3n) is 5.88. The second-order valence-corrected chi connectivity index (χ2v) is 8.39. The van der Waals surface area contributed by atoms with Crippen molar-refractivity contribution < 1.29 is 14.3 Å². The molecule has 3 amide bonds. The molecule has 2 fully saturated rings. The van der Waals surface area contributed by atoms with Gasteiger partial charge in [-0.25, -0.2) is 14.8 Å². The van der Waals surface area contributed by atoms with Crippen molar-refractivity contribution in [1.82, 2.24) is 20.2 Å². The SMILES string of the molecule is C=C1COCCN1c1nc(-c2ccc(NC(=O)NC3CC3)cc2)nc2c1CN(C(C)=O)C2. The zero-order valence-electron chi connectivity index (χ0n) is 18.1. The van der Waals surface area contributed by atoms with Crippen molar-refractivity contribution in [3.8, 4) is 11.4 Å². The number of hydrogen-bond acceptors (Lipinski definition) is 6. The fourth-order valence-electron chi connectivity index (χ4n) is 3.93. The van der Waals surface area contributed by atoms with Crippen molar-refractivity contribution in [2.24, 2.45) is 0 Å². The number of urea groups is 1. The molecule has 1 saturated heterocycles. The molecule has 9 nitrogen and oxygen atoms in total. The topological polar surface area (TPSA) is 99.7 Å². The van der Waals surface area contributed by atoms with Crippen LogP contribution < -0.4 is 15.5 Å².